The van der Waals surface area contributed by atoms with Crippen LogP contribution in [-0.4, -0.2) is 46.8 Å². The third kappa shape index (κ3) is 5.81. The Morgan fingerprint density at radius 2 is 1.83 bits per heavy atom. The van der Waals surface area contributed by atoms with Gasteiger partial charge in [0.05, 0.1) is 23.7 Å². The fraction of sp³-hybridized carbons (Fsp3) is 0.400. The van der Waals surface area contributed by atoms with Crippen LogP contribution in [0.1, 0.15) is 35.6 Å². The monoisotopic (exact) mass is 402 g/mol. The van der Waals surface area contributed by atoms with Crippen LogP contribution in [-0.2, 0) is 21.4 Å². The summed E-state index contributed by atoms with van der Waals surface area (Å²) in [6, 6.07) is 6.54. The van der Waals surface area contributed by atoms with Gasteiger partial charge in [0.2, 0.25) is 0 Å². The highest BCUT2D eigenvalue weighted by Gasteiger charge is 2.21. The number of carbonyl (C=O) groups is 3. The van der Waals surface area contributed by atoms with Gasteiger partial charge in [-0.2, -0.15) is 5.10 Å². The molecule has 9 nitrogen and oxygen atoms in total. The summed E-state index contributed by atoms with van der Waals surface area (Å²) in [4.78, 5) is 36.4. The number of hydrogen-bond donors (Lipinski definition) is 2. The quantitative estimate of drug-likeness (QED) is 0.651. The highest BCUT2D eigenvalue weighted by atomic mass is 16.5. The van der Waals surface area contributed by atoms with Crippen molar-refractivity contribution in [1.82, 2.24) is 15.1 Å². The Kier molecular flexibility index (Phi) is 7.35. The number of hydrogen-bond acceptors (Lipinski definition) is 6. The topological polar surface area (TPSA) is 112 Å². The van der Waals surface area contributed by atoms with Gasteiger partial charge < -0.3 is 20.1 Å². The van der Waals surface area contributed by atoms with Crippen LogP contribution in [0, 0.1) is 13.8 Å². The van der Waals surface area contributed by atoms with Crippen LogP contribution in [0.2, 0.25) is 0 Å². The average Bonchev–Trinajstić information content (AvgIpc) is 2.92. The molecule has 9 heteroatoms. The lowest BCUT2D eigenvalue weighted by molar-refractivity contribution is -0.152. The molecule has 29 heavy (non-hydrogen) atoms. The maximum atomic E-state index is 12.3. The molecule has 0 spiro atoms. The van der Waals surface area contributed by atoms with Crippen LogP contribution in [0.3, 0.4) is 0 Å². The summed E-state index contributed by atoms with van der Waals surface area (Å²) in [6.45, 7) is 7.10. The minimum atomic E-state index is -1.02. The first-order valence-electron chi connectivity index (χ1n) is 9.24. The summed E-state index contributed by atoms with van der Waals surface area (Å²) in [6.07, 6.45) is -1.02. The fourth-order valence-electron chi connectivity index (χ4n) is 2.60. The molecular formula is C20H26N4O5. The number of nitrogens with one attached hydrogen (secondary N) is 2. The maximum absolute atomic E-state index is 12.3. The molecule has 2 amide bonds. The molecule has 1 heterocycles. The molecular weight excluding hydrogens is 376 g/mol. The average molecular weight is 402 g/mol. The summed E-state index contributed by atoms with van der Waals surface area (Å²) >= 11 is 0. The fourth-order valence-corrected chi connectivity index (χ4v) is 2.60. The second-order valence-electron chi connectivity index (χ2n) is 6.43. The van der Waals surface area contributed by atoms with Crippen molar-refractivity contribution in [3.05, 3.63) is 41.2 Å². The first kappa shape index (κ1) is 21.9. The summed E-state index contributed by atoms with van der Waals surface area (Å²) in [5.74, 6) is -0.965. The third-order valence-corrected chi connectivity index (χ3v) is 4.26. The first-order valence-corrected chi connectivity index (χ1v) is 9.24. The number of anilines is 1. The molecule has 1 aromatic heterocycles. The highest BCUT2D eigenvalue weighted by Crippen LogP contribution is 2.18. The van der Waals surface area contributed by atoms with E-state index in [0.29, 0.717) is 29.3 Å². The standard InChI is InChI=1S/C20H26N4O5/c1-6-28-16-9-7-15(8-10-16)20(27)21-11-17(25)29-14(4)19(26)22-18-12(2)23-24(5)13(18)3/h7-10,14H,6,11H2,1-5H3,(H,21,27)(H,22,26)/t14-/m1/s1. The van der Waals surface area contributed by atoms with Crippen LogP contribution < -0.4 is 15.4 Å². The van der Waals surface area contributed by atoms with Gasteiger partial charge in [0.1, 0.15) is 12.3 Å². The minimum Gasteiger partial charge on any atom is -0.494 e. The van der Waals surface area contributed by atoms with E-state index in [1.165, 1.54) is 6.92 Å². The van der Waals surface area contributed by atoms with E-state index in [4.69, 9.17) is 9.47 Å². The number of benzene rings is 1. The molecule has 0 saturated heterocycles. The maximum Gasteiger partial charge on any atom is 0.326 e. The molecule has 2 rings (SSSR count). The molecule has 156 valence electrons. The van der Waals surface area contributed by atoms with Crippen molar-refractivity contribution in [2.75, 3.05) is 18.5 Å². The van der Waals surface area contributed by atoms with Gasteiger partial charge in [0.25, 0.3) is 11.8 Å². The number of aryl methyl sites for hydroxylation is 2. The number of rotatable bonds is 8. The zero-order valence-corrected chi connectivity index (χ0v) is 17.2. The number of carbonyl (C=O) groups excluding carboxylic acids is 3. The third-order valence-electron chi connectivity index (χ3n) is 4.26. The van der Waals surface area contributed by atoms with E-state index in [2.05, 4.69) is 15.7 Å². The number of ether oxygens (including phenoxy) is 2. The first-order chi connectivity index (χ1) is 13.7. The number of aromatic nitrogens is 2. The predicted octanol–water partition coefficient (Wildman–Crippen LogP) is 1.74. The van der Waals surface area contributed by atoms with E-state index in [1.807, 2.05) is 13.8 Å². The summed E-state index contributed by atoms with van der Waals surface area (Å²) in [5, 5.41) is 9.39. The zero-order chi connectivity index (χ0) is 21.6. The molecule has 2 aromatic rings. The predicted molar refractivity (Wildman–Crippen MR) is 107 cm³/mol. The molecule has 0 fully saturated rings. The summed E-state index contributed by atoms with van der Waals surface area (Å²) < 4.78 is 12.1. The van der Waals surface area contributed by atoms with Crippen molar-refractivity contribution in [2.45, 2.75) is 33.8 Å². The molecule has 1 aromatic carbocycles. The Hall–Kier alpha value is -3.36. The molecule has 0 radical (unpaired) electrons. The van der Waals surface area contributed by atoms with Gasteiger partial charge in [-0.3, -0.25) is 19.1 Å². The van der Waals surface area contributed by atoms with Crippen molar-refractivity contribution in [2.24, 2.45) is 7.05 Å². The largest absolute Gasteiger partial charge is 0.494 e. The van der Waals surface area contributed by atoms with E-state index < -0.39 is 23.9 Å². The van der Waals surface area contributed by atoms with Crippen molar-refractivity contribution < 1.29 is 23.9 Å². The van der Waals surface area contributed by atoms with Crippen molar-refractivity contribution in [1.29, 1.82) is 0 Å². The number of amides is 2. The van der Waals surface area contributed by atoms with Gasteiger partial charge in [0, 0.05) is 12.6 Å². The van der Waals surface area contributed by atoms with Gasteiger partial charge in [-0.1, -0.05) is 0 Å². The van der Waals surface area contributed by atoms with E-state index in [0.717, 1.165) is 5.69 Å². The van der Waals surface area contributed by atoms with Crippen molar-refractivity contribution in [3.8, 4) is 5.75 Å². The van der Waals surface area contributed by atoms with E-state index in [-0.39, 0.29) is 6.54 Å². The summed E-state index contributed by atoms with van der Waals surface area (Å²) in [5.41, 5.74) is 2.43. The van der Waals surface area contributed by atoms with Crippen molar-refractivity contribution >= 4 is 23.5 Å². The molecule has 0 bridgehead atoms. The Morgan fingerprint density at radius 3 is 2.38 bits per heavy atom. The van der Waals surface area contributed by atoms with Gasteiger partial charge in [-0.25, -0.2) is 0 Å². The van der Waals surface area contributed by atoms with Gasteiger partial charge in [0.15, 0.2) is 6.10 Å². The second kappa shape index (κ2) is 9.72. The number of esters is 1. The Bertz CT molecular complexity index is 889. The molecule has 0 aliphatic rings. The Morgan fingerprint density at radius 1 is 1.17 bits per heavy atom. The SMILES string of the molecule is CCOc1ccc(C(=O)NCC(=O)O[C@H](C)C(=O)Nc2c(C)nn(C)c2C)cc1. The lowest BCUT2D eigenvalue weighted by Gasteiger charge is -2.14. The second-order valence-corrected chi connectivity index (χ2v) is 6.43. The van der Waals surface area contributed by atoms with Crippen LogP contribution in [0.15, 0.2) is 24.3 Å². The van der Waals surface area contributed by atoms with E-state index in [9.17, 15) is 14.4 Å². The molecule has 0 saturated carbocycles. The van der Waals surface area contributed by atoms with Gasteiger partial charge in [-0.15, -0.1) is 0 Å². The van der Waals surface area contributed by atoms with E-state index >= 15 is 0 Å². The van der Waals surface area contributed by atoms with Crippen LogP contribution in [0.4, 0.5) is 5.69 Å². The van der Waals surface area contributed by atoms with Crippen LogP contribution in [0.5, 0.6) is 5.75 Å². The van der Waals surface area contributed by atoms with Crippen LogP contribution >= 0.6 is 0 Å². The molecule has 0 aliphatic carbocycles. The van der Waals surface area contributed by atoms with Crippen LogP contribution in [0.25, 0.3) is 0 Å². The van der Waals surface area contributed by atoms with Gasteiger partial charge >= 0.3 is 5.97 Å². The highest BCUT2D eigenvalue weighted by molar-refractivity contribution is 5.97. The minimum absolute atomic E-state index is 0.353. The lowest BCUT2D eigenvalue weighted by atomic mass is 10.2. The Labute approximate surface area is 169 Å². The number of nitrogens with zero attached hydrogens (tertiary/aromatic N) is 2. The van der Waals surface area contributed by atoms with Crippen molar-refractivity contribution in [3.63, 3.8) is 0 Å². The normalized spacial score (nSPS) is 11.5. The summed E-state index contributed by atoms with van der Waals surface area (Å²) in [7, 11) is 1.77. The smallest absolute Gasteiger partial charge is 0.326 e. The lowest BCUT2D eigenvalue weighted by Crippen LogP contribution is -2.36. The Balaban J connectivity index is 1.83. The molecule has 0 aliphatic heterocycles. The molecule has 1 atom stereocenters. The molecule has 2 N–H and O–H groups in total. The molecule has 0 unspecified atom stereocenters. The van der Waals surface area contributed by atoms with Gasteiger partial charge in [-0.05, 0) is 52.0 Å². The van der Waals surface area contributed by atoms with E-state index in [1.54, 1.807) is 42.9 Å². The zero-order valence-electron chi connectivity index (χ0n) is 17.2.